The smallest absolute Gasteiger partial charge is 0.237 e. The van der Waals surface area contributed by atoms with E-state index in [4.69, 9.17) is 4.74 Å². The molecule has 2 rings (SSSR count). The Morgan fingerprint density at radius 2 is 1.89 bits per heavy atom. The highest BCUT2D eigenvalue weighted by molar-refractivity contribution is 9.10. The van der Waals surface area contributed by atoms with Crippen molar-refractivity contribution in [1.82, 2.24) is 15.3 Å². The van der Waals surface area contributed by atoms with Crippen LogP contribution in [0.4, 0.5) is 0 Å². The molecule has 1 heterocycles. The molecule has 0 unspecified atom stereocenters. The van der Waals surface area contributed by atoms with Crippen molar-refractivity contribution in [3.8, 4) is 11.6 Å². The predicted octanol–water partition coefficient (Wildman–Crippen LogP) is 3.53. The zero-order chi connectivity index (χ0) is 13.7. The minimum atomic E-state index is 0.431. The van der Waals surface area contributed by atoms with E-state index in [1.807, 2.05) is 24.3 Å². The molecule has 2 aromatic rings. The van der Waals surface area contributed by atoms with Crippen LogP contribution in [-0.2, 0) is 6.54 Å². The van der Waals surface area contributed by atoms with Crippen molar-refractivity contribution in [2.45, 2.75) is 26.4 Å². The van der Waals surface area contributed by atoms with Gasteiger partial charge in [0.05, 0.1) is 18.1 Å². The van der Waals surface area contributed by atoms with Crippen LogP contribution < -0.4 is 10.1 Å². The van der Waals surface area contributed by atoms with Crippen LogP contribution in [0.25, 0.3) is 0 Å². The summed E-state index contributed by atoms with van der Waals surface area (Å²) in [5, 5.41) is 3.29. The maximum Gasteiger partial charge on any atom is 0.237 e. The maximum atomic E-state index is 5.60. The molecule has 0 fully saturated rings. The lowest BCUT2D eigenvalue weighted by atomic mass is 10.3. The molecule has 0 spiro atoms. The third-order valence-corrected chi connectivity index (χ3v) is 2.94. The average molecular weight is 322 g/mol. The molecule has 0 saturated carbocycles. The monoisotopic (exact) mass is 321 g/mol. The quantitative estimate of drug-likeness (QED) is 0.915. The lowest BCUT2D eigenvalue weighted by molar-refractivity contribution is 0.458. The third kappa shape index (κ3) is 4.61. The lowest BCUT2D eigenvalue weighted by Gasteiger charge is -2.08. The van der Waals surface area contributed by atoms with Gasteiger partial charge in [0.15, 0.2) is 0 Å². The second-order valence-corrected chi connectivity index (χ2v) is 5.35. The van der Waals surface area contributed by atoms with Gasteiger partial charge in [-0.25, -0.2) is 4.98 Å². The van der Waals surface area contributed by atoms with Gasteiger partial charge in [-0.3, -0.25) is 4.98 Å². The minimum Gasteiger partial charge on any atom is -0.438 e. The van der Waals surface area contributed by atoms with E-state index in [-0.39, 0.29) is 0 Å². The molecule has 5 heteroatoms. The fourth-order valence-corrected chi connectivity index (χ4v) is 1.68. The average Bonchev–Trinajstić information content (AvgIpc) is 2.40. The number of hydrogen-bond donors (Lipinski definition) is 1. The van der Waals surface area contributed by atoms with E-state index in [0.717, 1.165) is 15.9 Å². The van der Waals surface area contributed by atoms with E-state index in [1.54, 1.807) is 12.4 Å². The molecule has 0 atom stereocenters. The van der Waals surface area contributed by atoms with E-state index in [0.29, 0.717) is 18.5 Å². The van der Waals surface area contributed by atoms with Gasteiger partial charge in [-0.05, 0) is 24.3 Å². The molecule has 100 valence electrons. The number of aromatic nitrogens is 2. The van der Waals surface area contributed by atoms with Gasteiger partial charge in [-0.2, -0.15) is 0 Å². The zero-order valence-electron chi connectivity index (χ0n) is 10.9. The SMILES string of the molecule is CC(C)NCc1cnc(Oc2ccc(Br)cc2)cn1. The van der Waals surface area contributed by atoms with Crippen LogP contribution >= 0.6 is 15.9 Å². The third-order valence-electron chi connectivity index (χ3n) is 2.41. The Kier molecular flexibility index (Phi) is 4.87. The Bertz CT molecular complexity index is 511. The fraction of sp³-hybridized carbons (Fsp3) is 0.286. The van der Waals surface area contributed by atoms with Gasteiger partial charge in [0.2, 0.25) is 5.88 Å². The van der Waals surface area contributed by atoms with Gasteiger partial charge in [0.1, 0.15) is 5.75 Å². The Balaban J connectivity index is 1.96. The zero-order valence-corrected chi connectivity index (χ0v) is 12.5. The molecule has 0 amide bonds. The summed E-state index contributed by atoms with van der Waals surface area (Å²) in [4.78, 5) is 8.54. The highest BCUT2D eigenvalue weighted by Crippen LogP contribution is 2.20. The molecule has 0 saturated heterocycles. The number of halogens is 1. The molecule has 0 radical (unpaired) electrons. The molecule has 0 aliphatic carbocycles. The van der Waals surface area contributed by atoms with Crippen LogP contribution in [-0.4, -0.2) is 16.0 Å². The van der Waals surface area contributed by atoms with E-state index < -0.39 is 0 Å². The number of hydrogen-bond acceptors (Lipinski definition) is 4. The van der Waals surface area contributed by atoms with Crippen molar-refractivity contribution in [2.24, 2.45) is 0 Å². The van der Waals surface area contributed by atoms with Gasteiger partial charge < -0.3 is 10.1 Å². The van der Waals surface area contributed by atoms with E-state index in [1.165, 1.54) is 0 Å². The summed E-state index contributed by atoms with van der Waals surface area (Å²) >= 11 is 3.38. The topological polar surface area (TPSA) is 47.0 Å². The van der Waals surface area contributed by atoms with Crippen LogP contribution in [0.1, 0.15) is 19.5 Å². The van der Waals surface area contributed by atoms with E-state index in [2.05, 4.69) is 45.1 Å². The van der Waals surface area contributed by atoms with Crippen LogP contribution in [0.15, 0.2) is 41.1 Å². The molecular weight excluding hydrogens is 306 g/mol. The summed E-state index contributed by atoms with van der Waals surface area (Å²) in [7, 11) is 0. The molecule has 0 aliphatic heterocycles. The van der Waals surface area contributed by atoms with E-state index >= 15 is 0 Å². The Hall–Kier alpha value is -1.46. The first-order valence-corrected chi connectivity index (χ1v) is 6.90. The first kappa shape index (κ1) is 14.0. The van der Waals surface area contributed by atoms with Crippen molar-refractivity contribution in [1.29, 1.82) is 0 Å². The molecule has 0 bridgehead atoms. The summed E-state index contributed by atoms with van der Waals surface area (Å²) in [6.07, 6.45) is 3.36. The van der Waals surface area contributed by atoms with Crippen molar-refractivity contribution < 1.29 is 4.74 Å². The number of benzene rings is 1. The standard InChI is InChI=1S/C14H16BrN3O/c1-10(2)16-7-12-8-18-14(9-17-12)19-13-5-3-11(15)4-6-13/h3-6,8-10,16H,7H2,1-2H3. The number of nitrogens with one attached hydrogen (secondary N) is 1. The van der Waals surface area contributed by atoms with Gasteiger partial charge in [0.25, 0.3) is 0 Å². The first-order valence-electron chi connectivity index (χ1n) is 6.11. The minimum absolute atomic E-state index is 0.431. The van der Waals surface area contributed by atoms with Crippen LogP contribution in [0.5, 0.6) is 11.6 Å². The summed E-state index contributed by atoms with van der Waals surface area (Å²) in [6.45, 7) is 4.90. The van der Waals surface area contributed by atoms with Crippen LogP contribution in [0, 0.1) is 0 Å². The molecule has 1 aromatic heterocycles. The molecule has 1 N–H and O–H groups in total. The van der Waals surface area contributed by atoms with Crippen molar-refractivity contribution >= 4 is 15.9 Å². The lowest BCUT2D eigenvalue weighted by Crippen LogP contribution is -2.22. The first-order chi connectivity index (χ1) is 9.13. The number of nitrogens with zero attached hydrogens (tertiary/aromatic N) is 2. The number of rotatable bonds is 5. The van der Waals surface area contributed by atoms with Crippen molar-refractivity contribution in [2.75, 3.05) is 0 Å². The summed E-state index contributed by atoms with van der Waals surface area (Å²) < 4.78 is 6.61. The fourth-order valence-electron chi connectivity index (χ4n) is 1.42. The maximum absolute atomic E-state index is 5.60. The second-order valence-electron chi connectivity index (χ2n) is 4.44. The van der Waals surface area contributed by atoms with Gasteiger partial charge in [-0.15, -0.1) is 0 Å². The molecule has 4 nitrogen and oxygen atoms in total. The highest BCUT2D eigenvalue weighted by atomic mass is 79.9. The van der Waals surface area contributed by atoms with E-state index in [9.17, 15) is 0 Å². The van der Waals surface area contributed by atoms with Gasteiger partial charge >= 0.3 is 0 Å². The summed E-state index contributed by atoms with van der Waals surface area (Å²) in [5.41, 5.74) is 0.900. The number of ether oxygens (including phenoxy) is 1. The molecule has 19 heavy (non-hydrogen) atoms. The molecular formula is C14H16BrN3O. The molecule has 1 aromatic carbocycles. The Labute approximate surface area is 121 Å². The van der Waals surface area contributed by atoms with Crippen molar-refractivity contribution in [3.05, 3.63) is 46.8 Å². The highest BCUT2D eigenvalue weighted by Gasteiger charge is 2.01. The Morgan fingerprint density at radius 1 is 1.16 bits per heavy atom. The molecule has 0 aliphatic rings. The largest absolute Gasteiger partial charge is 0.438 e. The van der Waals surface area contributed by atoms with Crippen LogP contribution in [0.3, 0.4) is 0 Å². The Morgan fingerprint density at radius 3 is 2.47 bits per heavy atom. The second kappa shape index (κ2) is 6.63. The van der Waals surface area contributed by atoms with Gasteiger partial charge in [0, 0.05) is 17.1 Å². The van der Waals surface area contributed by atoms with Crippen LogP contribution in [0.2, 0.25) is 0 Å². The normalized spacial score (nSPS) is 10.7. The summed E-state index contributed by atoms with van der Waals surface area (Å²) in [6, 6.07) is 8.02. The predicted molar refractivity (Wildman–Crippen MR) is 78.2 cm³/mol. The summed E-state index contributed by atoms with van der Waals surface area (Å²) in [5.74, 6) is 1.24. The van der Waals surface area contributed by atoms with Gasteiger partial charge in [-0.1, -0.05) is 29.8 Å². The van der Waals surface area contributed by atoms with Crippen molar-refractivity contribution in [3.63, 3.8) is 0 Å².